The van der Waals surface area contributed by atoms with Crippen LogP contribution in [-0.4, -0.2) is 64.9 Å². The van der Waals surface area contributed by atoms with Crippen LogP contribution >= 0.6 is 0 Å². The number of likely N-dealkylation sites (tertiary alicyclic amines) is 1. The highest BCUT2D eigenvalue weighted by atomic mass is 16.2. The van der Waals surface area contributed by atoms with Crippen molar-refractivity contribution in [1.29, 1.82) is 0 Å². The van der Waals surface area contributed by atoms with Gasteiger partial charge in [-0.1, -0.05) is 5.21 Å². The molecule has 1 unspecified atom stereocenters. The zero-order valence-electron chi connectivity index (χ0n) is 12.3. The molecular weight excluding hydrogens is 272 g/mol. The third-order valence-corrected chi connectivity index (χ3v) is 4.40. The Kier molecular flexibility index (Phi) is 3.40. The lowest BCUT2D eigenvalue weighted by molar-refractivity contribution is -0.128. The molecule has 2 N–H and O–H groups in total. The molecule has 3 rings (SSSR count). The molecule has 3 heterocycles. The van der Waals surface area contributed by atoms with Crippen molar-refractivity contribution >= 4 is 11.8 Å². The molecule has 1 aromatic rings. The molecule has 0 spiro atoms. The molecule has 2 aliphatic rings. The Balaban J connectivity index is 1.68. The SMILES string of the molecule is CNC(=O)C1(C)CCN(C(=O)c2cn(C3CNC3)nn2)C1. The number of carbonyl (C=O) groups is 2. The van der Waals surface area contributed by atoms with Crippen molar-refractivity contribution in [3.8, 4) is 0 Å². The van der Waals surface area contributed by atoms with Gasteiger partial charge in [-0.2, -0.15) is 0 Å². The molecule has 2 aliphatic heterocycles. The summed E-state index contributed by atoms with van der Waals surface area (Å²) in [4.78, 5) is 26.0. The third kappa shape index (κ3) is 2.39. The highest BCUT2D eigenvalue weighted by Gasteiger charge is 2.42. The molecule has 1 atom stereocenters. The first-order chi connectivity index (χ1) is 10.0. The van der Waals surface area contributed by atoms with Gasteiger partial charge in [-0.15, -0.1) is 5.10 Å². The van der Waals surface area contributed by atoms with Crippen LogP contribution in [0.5, 0.6) is 0 Å². The fourth-order valence-corrected chi connectivity index (χ4v) is 2.80. The Labute approximate surface area is 122 Å². The number of carbonyl (C=O) groups excluding carboxylic acids is 2. The molecule has 2 fully saturated rings. The van der Waals surface area contributed by atoms with Crippen LogP contribution in [-0.2, 0) is 4.79 Å². The summed E-state index contributed by atoms with van der Waals surface area (Å²) in [6.07, 6.45) is 2.36. The van der Waals surface area contributed by atoms with E-state index in [-0.39, 0.29) is 17.9 Å². The highest BCUT2D eigenvalue weighted by molar-refractivity contribution is 5.93. The van der Waals surface area contributed by atoms with E-state index in [9.17, 15) is 9.59 Å². The van der Waals surface area contributed by atoms with Gasteiger partial charge < -0.3 is 15.5 Å². The van der Waals surface area contributed by atoms with Crippen LogP contribution in [0.1, 0.15) is 29.9 Å². The first kappa shape index (κ1) is 14.0. The lowest BCUT2D eigenvalue weighted by atomic mass is 9.89. The number of nitrogens with zero attached hydrogens (tertiary/aromatic N) is 4. The van der Waals surface area contributed by atoms with E-state index in [0.717, 1.165) is 13.1 Å². The number of nitrogens with one attached hydrogen (secondary N) is 2. The fraction of sp³-hybridized carbons (Fsp3) is 0.692. The number of amides is 2. The van der Waals surface area contributed by atoms with E-state index < -0.39 is 5.41 Å². The monoisotopic (exact) mass is 292 g/mol. The Morgan fingerprint density at radius 3 is 2.86 bits per heavy atom. The molecule has 2 saturated heterocycles. The highest BCUT2D eigenvalue weighted by Crippen LogP contribution is 2.30. The van der Waals surface area contributed by atoms with Crippen LogP contribution in [0.4, 0.5) is 0 Å². The van der Waals surface area contributed by atoms with Gasteiger partial charge in [-0.05, 0) is 13.3 Å². The second-order valence-electron chi connectivity index (χ2n) is 6.01. The minimum absolute atomic E-state index is 0.0259. The van der Waals surface area contributed by atoms with Gasteiger partial charge in [0.2, 0.25) is 5.91 Å². The van der Waals surface area contributed by atoms with E-state index in [2.05, 4.69) is 20.9 Å². The van der Waals surface area contributed by atoms with E-state index in [4.69, 9.17) is 0 Å². The Hall–Kier alpha value is -1.96. The van der Waals surface area contributed by atoms with E-state index in [1.54, 1.807) is 22.8 Å². The predicted octanol–water partition coefficient (Wildman–Crippen LogP) is -0.979. The van der Waals surface area contributed by atoms with Gasteiger partial charge in [-0.25, -0.2) is 4.68 Å². The van der Waals surface area contributed by atoms with Gasteiger partial charge in [0.1, 0.15) is 0 Å². The quantitative estimate of drug-likeness (QED) is 0.747. The van der Waals surface area contributed by atoms with Gasteiger partial charge in [0.15, 0.2) is 5.69 Å². The van der Waals surface area contributed by atoms with Gasteiger partial charge in [0.25, 0.3) is 5.91 Å². The second kappa shape index (κ2) is 5.10. The molecule has 8 nitrogen and oxygen atoms in total. The summed E-state index contributed by atoms with van der Waals surface area (Å²) >= 11 is 0. The topological polar surface area (TPSA) is 92.2 Å². The molecule has 0 saturated carbocycles. The average molecular weight is 292 g/mol. The molecule has 0 aromatic carbocycles. The number of hydrogen-bond donors (Lipinski definition) is 2. The van der Waals surface area contributed by atoms with Crippen molar-refractivity contribution in [3.05, 3.63) is 11.9 Å². The zero-order valence-corrected chi connectivity index (χ0v) is 12.3. The molecule has 114 valence electrons. The fourth-order valence-electron chi connectivity index (χ4n) is 2.80. The summed E-state index contributed by atoms with van der Waals surface area (Å²) in [5.41, 5.74) is -0.166. The lowest BCUT2D eigenvalue weighted by Gasteiger charge is -2.26. The van der Waals surface area contributed by atoms with E-state index in [0.29, 0.717) is 25.2 Å². The van der Waals surface area contributed by atoms with Gasteiger partial charge in [0, 0.05) is 33.2 Å². The van der Waals surface area contributed by atoms with E-state index in [1.807, 2.05) is 6.92 Å². The Morgan fingerprint density at radius 1 is 1.48 bits per heavy atom. The normalized spacial score (nSPS) is 25.7. The van der Waals surface area contributed by atoms with Crippen molar-refractivity contribution < 1.29 is 9.59 Å². The molecule has 8 heteroatoms. The summed E-state index contributed by atoms with van der Waals surface area (Å²) in [5.74, 6) is -0.178. The van der Waals surface area contributed by atoms with Crippen molar-refractivity contribution in [2.75, 3.05) is 33.2 Å². The maximum absolute atomic E-state index is 12.5. The van der Waals surface area contributed by atoms with Crippen molar-refractivity contribution in [2.24, 2.45) is 5.41 Å². The van der Waals surface area contributed by atoms with Crippen molar-refractivity contribution in [2.45, 2.75) is 19.4 Å². The first-order valence-corrected chi connectivity index (χ1v) is 7.17. The van der Waals surface area contributed by atoms with E-state index >= 15 is 0 Å². The van der Waals surface area contributed by atoms with Gasteiger partial charge in [0.05, 0.1) is 17.7 Å². The maximum atomic E-state index is 12.5. The average Bonchev–Trinajstić information content (AvgIpc) is 3.03. The second-order valence-corrected chi connectivity index (χ2v) is 6.01. The molecule has 21 heavy (non-hydrogen) atoms. The Morgan fingerprint density at radius 2 is 2.24 bits per heavy atom. The zero-order chi connectivity index (χ0) is 15.0. The smallest absolute Gasteiger partial charge is 0.276 e. The summed E-state index contributed by atoms with van der Waals surface area (Å²) < 4.78 is 1.73. The maximum Gasteiger partial charge on any atom is 0.276 e. The van der Waals surface area contributed by atoms with Crippen LogP contribution in [0, 0.1) is 5.41 Å². The molecule has 0 radical (unpaired) electrons. The van der Waals surface area contributed by atoms with Crippen LogP contribution < -0.4 is 10.6 Å². The molecule has 1 aromatic heterocycles. The van der Waals surface area contributed by atoms with Crippen LogP contribution in [0.15, 0.2) is 6.20 Å². The number of rotatable bonds is 3. The van der Waals surface area contributed by atoms with Gasteiger partial charge >= 0.3 is 0 Å². The van der Waals surface area contributed by atoms with Gasteiger partial charge in [-0.3, -0.25) is 9.59 Å². The predicted molar refractivity (Wildman–Crippen MR) is 74.6 cm³/mol. The van der Waals surface area contributed by atoms with Crippen molar-refractivity contribution in [3.63, 3.8) is 0 Å². The minimum atomic E-state index is -0.516. The molecule has 0 bridgehead atoms. The number of hydrogen-bond acceptors (Lipinski definition) is 5. The van der Waals surface area contributed by atoms with Crippen LogP contribution in [0.25, 0.3) is 0 Å². The molecule has 2 amide bonds. The van der Waals surface area contributed by atoms with Crippen LogP contribution in [0.3, 0.4) is 0 Å². The molecule has 0 aliphatic carbocycles. The summed E-state index contributed by atoms with van der Waals surface area (Å²) in [5, 5.41) is 13.8. The van der Waals surface area contributed by atoms with E-state index in [1.165, 1.54) is 0 Å². The summed E-state index contributed by atoms with van der Waals surface area (Å²) in [6, 6.07) is 0.286. The summed E-state index contributed by atoms with van der Waals surface area (Å²) in [7, 11) is 1.62. The number of aromatic nitrogens is 3. The van der Waals surface area contributed by atoms with Crippen LogP contribution in [0.2, 0.25) is 0 Å². The Bertz CT molecular complexity index is 567. The third-order valence-electron chi connectivity index (χ3n) is 4.40. The van der Waals surface area contributed by atoms with Crippen molar-refractivity contribution in [1.82, 2.24) is 30.5 Å². The lowest BCUT2D eigenvalue weighted by Crippen LogP contribution is -2.43. The standard InChI is InChI=1S/C13H20N6O2/c1-13(12(21)14-2)3-4-18(8-13)11(20)10-7-19(17-16-10)9-5-15-6-9/h7,9,15H,3-6,8H2,1-2H3,(H,14,21). The minimum Gasteiger partial charge on any atom is -0.359 e. The largest absolute Gasteiger partial charge is 0.359 e. The summed E-state index contributed by atoms with van der Waals surface area (Å²) in [6.45, 7) is 4.59. The first-order valence-electron chi connectivity index (χ1n) is 7.17. The molecular formula is C13H20N6O2.